The molecular formula is C27H31N3O4. The molecule has 2 aromatic heterocycles. The molecule has 0 saturated heterocycles. The molecule has 2 aromatic carbocycles. The lowest BCUT2D eigenvalue weighted by Gasteiger charge is -2.16. The lowest BCUT2D eigenvalue weighted by molar-refractivity contribution is -0.137. The van der Waals surface area contributed by atoms with Gasteiger partial charge in [0.2, 0.25) is 0 Å². The summed E-state index contributed by atoms with van der Waals surface area (Å²) in [6.07, 6.45) is 4.43. The van der Waals surface area contributed by atoms with Crippen LogP contribution in [-0.2, 0) is 31.4 Å². The highest BCUT2D eigenvalue weighted by Crippen LogP contribution is 2.23. The third-order valence-corrected chi connectivity index (χ3v) is 6.43. The van der Waals surface area contributed by atoms with Crippen LogP contribution in [0.15, 0.2) is 58.3 Å². The molecule has 0 saturated carbocycles. The maximum atomic E-state index is 13.5. The summed E-state index contributed by atoms with van der Waals surface area (Å²) in [6, 6.07) is 13.6. The van der Waals surface area contributed by atoms with Crippen molar-refractivity contribution in [2.24, 2.45) is 13.0 Å². The number of hydrogen-bond acceptors (Lipinski definition) is 3. The van der Waals surface area contributed by atoms with Crippen molar-refractivity contribution in [2.45, 2.75) is 52.6 Å². The Labute approximate surface area is 197 Å². The molecule has 0 fully saturated rings. The number of fused-ring (bicyclic) bond motifs is 2. The lowest BCUT2D eigenvalue weighted by atomic mass is 9.99. The first kappa shape index (κ1) is 23.5. The number of aromatic nitrogens is 3. The Hall–Kier alpha value is -3.61. The number of benzene rings is 2. The first-order chi connectivity index (χ1) is 16.3. The number of carbonyl (C=O) groups is 1. The fourth-order valence-electron chi connectivity index (χ4n) is 4.72. The molecular weight excluding hydrogens is 430 g/mol. The molecule has 4 aromatic rings. The van der Waals surface area contributed by atoms with E-state index in [-0.39, 0.29) is 13.0 Å². The lowest BCUT2D eigenvalue weighted by Crippen LogP contribution is -2.41. The van der Waals surface area contributed by atoms with Crippen molar-refractivity contribution in [1.29, 1.82) is 0 Å². The molecule has 0 atom stereocenters. The standard InChI is InChI=1S/C27H31N3O4/c1-18(2)8-6-9-19-10-7-13-23-25(19)26(33)29(15-14-24(31)32)27(34)30(23)17-20-16-28(3)22-12-5-4-11-21(20)22/h4-5,7,10-13,16,18H,6,8-9,14-15,17H2,1-3H3,(H,31,32). The van der Waals surface area contributed by atoms with Crippen molar-refractivity contribution < 1.29 is 9.90 Å². The van der Waals surface area contributed by atoms with Gasteiger partial charge in [0.05, 0.1) is 23.9 Å². The van der Waals surface area contributed by atoms with Crippen molar-refractivity contribution in [3.05, 3.63) is 80.6 Å². The van der Waals surface area contributed by atoms with Gasteiger partial charge < -0.3 is 9.67 Å². The monoisotopic (exact) mass is 461 g/mol. The Balaban J connectivity index is 1.91. The zero-order valence-corrected chi connectivity index (χ0v) is 20.0. The summed E-state index contributed by atoms with van der Waals surface area (Å²) < 4.78 is 4.73. The van der Waals surface area contributed by atoms with Gasteiger partial charge in [-0.15, -0.1) is 0 Å². The van der Waals surface area contributed by atoms with Crippen molar-refractivity contribution >= 4 is 27.8 Å². The zero-order chi connectivity index (χ0) is 24.4. The Morgan fingerprint density at radius 3 is 2.44 bits per heavy atom. The molecule has 0 aliphatic heterocycles. The second-order valence-corrected chi connectivity index (χ2v) is 9.35. The van der Waals surface area contributed by atoms with Crippen LogP contribution in [0, 0.1) is 5.92 Å². The van der Waals surface area contributed by atoms with Gasteiger partial charge in [-0.1, -0.05) is 50.6 Å². The second kappa shape index (κ2) is 9.71. The van der Waals surface area contributed by atoms with Gasteiger partial charge in [-0.25, -0.2) is 4.79 Å². The first-order valence-electron chi connectivity index (χ1n) is 11.8. The Kier molecular flexibility index (Phi) is 6.72. The number of aryl methyl sites for hydroxylation is 2. The van der Waals surface area contributed by atoms with Crippen molar-refractivity contribution in [3.8, 4) is 0 Å². The summed E-state index contributed by atoms with van der Waals surface area (Å²) in [5.74, 6) is -0.482. The molecule has 0 amide bonds. The molecule has 0 spiro atoms. The van der Waals surface area contributed by atoms with E-state index in [0.717, 1.165) is 45.9 Å². The molecule has 0 aliphatic carbocycles. The predicted octanol–water partition coefficient (Wildman–Crippen LogP) is 4.16. The maximum absolute atomic E-state index is 13.5. The summed E-state index contributed by atoms with van der Waals surface area (Å²) in [4.78, 5) is 38.2. The van der Waals surface area contributed by atoms with Gasteiger partial charge in [-0.2, -0.15) is 0 Å². The van der Waals surface area contributed by atoms with E-state index in [2.05, 4.69) is 13.8 Å². The Bertz CT molecular complexity index is 1470. The average Bonchev–Trinajstić information content (AvgIpc) is 3.11. The summed E-state index contributed by atoms with van der Waals surface area (Å²) >= 11 is 0. The molecule has 1 N–H and O–H groups in total. The second-order valence-electron chi connectivity index (χ2n) is 9.35. The summed E-state index contributed by atoms with van der Waals surface area (Å²) in [6.45, 7) is 4.48. The summed E-state index contributed by atoms with van der Waals surface area (Å²) in [5, 5.41) is 10.7. The molecule has 7 heteroatoms. The minimum atomic E-state index is -1.04. The van der Waals surface area contributed by atoms with E-state index < -0.39 is 17.2 Å². The van der Waals surface area contributed by atoms with Gasteiger partial charge in [0, 0.05) is 30.7 Å². The van der Waals surface area contributed by atoms with Gasteiger partial charge in [0.1, 0.15) is 0 Å². The molecule has 178 valence electrons. The van der Waals surface area contributed by atoms with E-state index in [1.54, 1.807) is 4.57 Å². The maximum Gasteiger partial charge on any atom is 0.331 e. The van der Waals surface area contributed by atoms with Crippen LogP contribution in [0.5, 0.6) is 0 Å². The molecule has 0 aliphatic rings. The van der Waals surface area contributed by atoms with E-state index >= 15 is 0 Å². The smallest absolute Gasteiger partial charge is 0.331 e. The zero-order valence-electron chi connectivity index (χ0n) is 20.0. The fourth-order valence-corrected chi connectivity index (χ4v) is 4.72. The van der Waals surface area contributed by atoms with Crippen LogP contribution in [0.4, 0.5) is 0 Å². The van der Waals surface area contributed by atoms with Gasteiger partial charge in [0.15, 0.2) is 0 Å². The van der Waals surface area contributed by atoms with E-state index in [1.807, 2.05) is 60.3 Å². The van der Waals surface area contributed by atoms with Gasteiger partial charge in [-0.3, -0.25) is 18.7 Å². The van der Waals surface area contributed by atoms with E-state index in [0.29, 0.717) is 23.4 Å². The fraction of sp³-hybridized carbons (Fsp3) is 0.370. The van der Waals surface area contributed by atoms with Gasteiger partial charge >= 0.3 is 11.7 Å². The van der Waals surface area contributed by atoms with Crippen molar-refractivity contribution in [1.82, 2.24) is 13.7 Å². The molecule has 0 unspecified atom stereocenters. The predicted molar refractivity (Wildman–Crippen MR) is 135 cm³/mol. The highest BCUT2D eigenvalue weighted by atomic mass is 16.4. The first-order valence-corrected chi connectivity index (χ1v) is 11.8. The van der Waals surface area contributed by atoms with E-state index in [4.69, 9.17) is 0 Å². The largest absolute Gasteiger partial charge is 0.481 e. The number of carboxylic acid groups (broad SMARTS) is 1. The molecule has 0 radical (unpaired) electrons. The normalized spacial score (nSPS) is 11.6. The molecule has 4 rings (SSSR count). The molecule has 2 heterocycles. The number of rotatable bonds is 9. The van der Waals surface area contributed by atoms with Gasteiger partial charge in [0.25, 0.3) is 5.56 Å². The van der Waals surface area contributed by atoms with Crippen LogP contribution in [0.1, 0.15) is 44.2 Å². The molecule has 34 heavy (non-hydrogen) atoms. The quantitative estimate of drug-likeness (QED) is 0.406. The summed E-state index contributed by atoms with van der Waals surface area (Å²) in [7, 11) is 1.97. The van der Waals surface area contributed by atoms with Crippen LogP contribution in [0.2, 0.25) is 0 Å². The third kappa shape index (κ3) is 4.55. The number of hydrogen-bond donors (Lipinski definition) is 1. The number of para-hydroxylation sites is 1. The van der Waals surface area contributed by atoms with Crippen LogP contribution in [0.25, 0.3) is 21.8 Å². The van der Waals surface area contributed by atoms with Crippen LogP contribution in [-0.4, -0.2) is 24.8 Å². The third-order valence-electron chi connectivity index (χ3n) is 6.43. The minimum absolute atomic E-state index is 0.154. The van der Waals surface area contributed by atoms with Crippen LogP contribution >= 0.6 is 0 Å². The highest BCUT2D eigenvalue weighted by molar-refractivity contribution is 5.85. The molecule has 0 bridgehead atoms. The minimum Gasteiger partial charge on any atom is -0.481 e. The Morgan fingerprint density at radius 1 is 0.971 bits per heavy atom. The van der Waals surface area contributed by atoms with E-state index in [9.17, 15) is 19.5 Å². The highest BCUT2D eigenvalue weighted by Gasteiger charge is 2.18. The van der Waals surface area contributed by atoms with Gasteiger partial charge in [-0.05, 0) is 42.0 Å². The van der Waals surface area contributed by atoms with Crippen molar-refractivity contribution in [2.75, 3.05) is 0 Å². The van der Waals surface area contributed by atoms with Crippen molar-refractivity contribution in [3.63, 3.8) is 0 Å². The SMILES string of the molecule is CC(C)CCCc1cccc2c1c(=O)n(CCC(=O)O)c(=O)n2Cc1cn(C)c2ccccc12. The van der Waals surface area contributed by atoms with Crippen LogP contribution in [0.3, 0.4) is 0 Å². The van der Waals surface area contributed by atoms with Crippen LogP contribution < -0.4 is 11.2 Å². The molecule has 7 nitrogen and oxygen atoms in total. The summed E-state index contributed by atoms with van der Waals surface area (Å²) in [5.41, 5.74) is 2.63. The topological polar surface area (TPSA) is 86.2 Å². The average molecular weight is 462 g/mol. The number of carboxylic acids is 1. The number of aliphatic carboxylic acids is 1. The van der Waals surface area contributed by atoms with E-state index in [1.165, 1.54) is 0 Å². The number of nitrogens with zero attached hydrogens (tertiary/aromatic N) is 3. The Morgan fingerprint density at radius 2 is 1.71 bits per heavy atom.